The average Bonchev–Trinajstić information content (AvgIpc) is 3.20. The van der Waals surface area contributed by atoms with E-state index < -0.39 is 36.0 Å². The Balaban J connectivity index is 1.48. The summed E-state index contributed by atoms with van der Waals surface area (Å²) < 4.78 is 54.6. The molecular formula is C25H21F4N5O3. The molecule has 0 saturated carbocycles. The van der Waals surface area contributed by atoms with E-state index in [1.54, 1.807) is 31.3 Å². The topological polar surface area (TPSA) is 95.1 Å². The van der Waals surface area contributed by atoms with Crippen molar-refractivity contribution in [3.63, 3.8) is 0 Å². The molecule has 0 aromatic heterocycles. The number of amides is 4. The van der Waals surface area contributed by atoms with Gasteiger partial charge in [-0.2, -0.15) is 5.10 Å². The van der Waals surface area contributed by atoms with E-state index in [9.17, 15) is 27.2 Å². The van der Waals surface area contributed by atoms with Gasteiger partial charge in [-0.25, -0.2) is 19.4 Å². The first-order valence-corrected chi connectivity index (χ1v) is 11.0. The molecule has 4 rings (SSSR count). The minimum atomic E-state index is -4.83. The predicted molar refractivity (Wildman–Crippen MR) is 129 cm³/mol. The second-order valence-electron chi connectivity index (χ2n) is 8.06. The van der Waals surface area contributed by atoms with E-state index in [0.29, 0.717) is 22.5 Å². The van der Waals surface area contributed by atoms with E-state index in [4.69, 9.17) is 0 Å². The van der Waals surface area contributed by atoms with Crippen LogP contribution in [-0.2, 0) is 6.42 Å². The molecule has 37 heavy (non-hydrogen) atoms. The van der Waals surface area contributed by atoms with Gasteiger partial charge in [0.2, 0.25) is 0 Å². The minimum Gasteiger partial charge on any atom is -0.406 e. The van der Waals surface area contributed by atoms with Crippen LogP contribution in [0, 0.1) is 5.82 Å². The van der Waals surface area contributed by atoms with Gasteiger partial charge < -0.3 is 20.3 Å². The Morgan fingerprint density at radius 2 is 1.65 bits per heavy atom. The highest BCUT2D eigenvalue weighted by atomic mass is 19.4. The fourth-order valence-corrected chi connectivity index (χ4v) is 3.81. The fraction of sp³-hybridized carbons (Fsp3) is 0.160. The molecule has 8 nitrogen and oxygen atoms in total. The van der Waals surface area contributed by atoms with Crippen molar-refractivity contribution in [1.29, 1.82) is 0 Å². The lowest BCUT2D eigenvalue weighted by Gasteiger charge is -2.25. The highest BCUT2D eigenvalue weighted by Gasteiger charge is 2.34. The zero-order valence-corrected chi connectivity index (χ0v) is 19.3. The van der Waals surface area contributed by atoms with Gasteiger partial charge >= 0.3 is 18.4 Å². The lowest BCUT2D eigenvalue weighted by atomic mass is 10.1. The number of ether oxygens (including phenoxy) is 1. The van der Waals surface area contributed by atoms with E-state index in [1.165, 1.54) is 35.2 Å². The molecular weight excluding hydrogens is 494 g/mol. The van der Waals surface area contributed by atoms with Crippen molar-refractivity contribution in [2.75, 3.05) is 17.7 Å². The molecule has 3 aromatic carbocycles. The maximum atomic E-state index is 13.9. The second kappa shape index (κ2) is 10.6. The number of alkyl halides is 3. The lowest BCUT2D eigenvalue weighted by Crippen LogP contribution is -2.44. The van der Waals surface area contributed by atoms with Crippen LogP contribution in [0.3, 0.4) is 0 Å². The Labute approximate surface area is 208 Å². The van der Waals surface area contributed by atoms with Crippen LogP contribution in [0.25, 0.3) is 0 Å². The number of fused-ring (bicyclic) bond motifs is 1. The van der Waals surface area contributed by atoms with Gasteiger partial charge in [-0.1, -0.05) is 18.2 Å². The number of anilines is 2. The van der Waals surface area contributed by atoms with Crippen LogP contribution in [0.5, 0.6) is 5.75 Å². The maximum Gasteiger partial charge on any atom is 0.573 e. The molecule has 0 aliphatic heterocycles. The molecule has 0 heterocycles. The number of halogens is 4. The molecule has 1 unspecified atom stereocenters. The molecule has 3 N–H and O–H groups in total. The van der Waals surface area contributed by atoms with Gasteiger partial charge in [0.25, 0.3) is 0 Å². The number of likely N-dealkylation sites (N-methyl/N-ethyl adjacent to an activating group) is 1. The van der Waals surface area contributed by atoms with Crippen LogP contribution < -0.4 is 20.8 Å². The van der Waals surface area contributed by atoms with Gasteiger partial charge in [0, 0.05) is 24.0 Å². The molecule has 0 spiro atoms. The number of rotatable bonds is 5. The smallest absolute Gasteiger partial charge is 0.406 e. The van der Waals surface area contributed by atoms with Gasteiger partial charge in [0.1, 0.15) is 11.6 Å². The third kappa shape index (κ3) is 6.54. The zero-order chi connectivity index (χ0) is 26.6. The molecule has 192 valence electrons. The summed E-state index contributed by atoms with van der Waals surface area (Å²) in [4.78, 5) is 26.7. The molecule has 0 bridgehead atoms. The molecule has 0 saturated heterocycles. The summed E-state index contributed by atoms with van der Waals surface area (Å²) in [6.45, 7) is 0. The Hall–Kier alpha value is -4.61. The molecule has 1 aliphatic carbocycles. The Morgan fingerprint density at radius 3 is 2.32 bits per heavy atom. The quantitative estimate of drug-likeness (QED) is 0.316. The number of hydrazone groups is 1. The third-order valence-electron chi connectivity index (χ3n) is 5.51. The summed E-state index contributed by atoms with van der Waals surface area (Å²) >= 11 is 0. The van der Waals surface area contributed by atoms with Crippen LogP contribution in [0.15, 0.2) is 77.9 Å². The summed E-state index contributed by atoms with van der Waals surface area (Å²) in [6.07, 6.45) is -4.56. The number of nitrogens with zero attached hydrogens (tertiary/aromatic N) is 2. The first kappa shape index (κ1) is 25.5. The number of hydrogen-bond acceptors (Lipinski definition) is 4. The van der Waals surface area contributed by atoms with E-state index in [2.05, 4.69) is 25.9 Å². The highest BCUT2D eigenvalue weighted by molar-refractivity contribution is 6.10. The third-order valence-corrected chi connectivity index (χ3v) is 5.51. The number of nitrogens with one attached hydrogen (secondary N) is 3. The van der Waals surface area contributed by atoms with E-state index in [1.807, 2.05) is 6.07 Å². The van der Waals surface area contributed by atoms with Gasteiger partial charge in [-0.05, 0) is 66.6 Å². The Kier molecular flexibility index (Phi) is 7.27. The van der Waals surface area contributed by atoms with Crippen molar-refractivity contribution in [3.8, 4) is 5.75 Å². The van der Waals surface area contributed by atoms with Crippen LogP contribution in [-0.4, -0.2) is 42.1 Å². The van der Waals surface area contributed by atoms with Crippen molar-refractivity contribution in [2.45, 2.75) is 18.8 Å². The predicted octanol–water partition coefficient (Wildman–Crippen LogP) is 5.34. The summed E-state index contributed by atoms with van der Waals surface area (Å²) in [5.41, 5.74) is 4.63. The van der Waals surface area contributed by atoms with Crippen molar-refractivity contribution >= 4 is 29.1 Å². The maximum absolute atomic E-state index is 13.9. The number of benzene rings is 3. The van der Waals surface area contributed by atoms with Crippen LogP contribution >= 0.6 is 0 Å². The summed E-state index contributed by atoms with van der Waals surface area (Å²) in [7, 11) is 1.56. The number of urea groups is 2. The van der Waals surface area contributed by atoms with Crippen LogP contribution in [0.4, 0.5) is 38.5 Å². The SMILES string of the molecule is CN(C(=O)Nc1ccccc1)C1Cc2cc(F)ccc2/C1=N\NC(=O)Nc1ccc(OC(F)(F)F)cc1. The van der Waals surface area contributed by atoms with E-state index in [0.717, 1.165) is 12.1 Å². The van der Waals surface area contributed by atoms with Crippen molar-refractivity contribution in [1.82, 2.24) is 10.3 Å². The van der Waals surface area contributed by atoms with Gasteiger partial charge in [0.15, 0.2) is 0 Å². The number of para-hydroxylation sites is 1. The first-order chi connectivity index (χ1) is 17.6. The molecule has 12 heteroatoms. The van der Waals surface area contributed by atoms with E-state index in [-0.39, 0.29) is 12.1 Å². The molecule has 3 aromatic rings. The Morgan fingerprint density at radius 1 is 0.973 bits per heavy atom. The first-order valence-electron chi connectivity index (χ1n) is 11.0. The zero-order valence-electron chi connectivity index (χ0n) is 19.3. The number of hydrogen-bond donors (Lipinski definition) is 3. The largest absolute Gasteiger partial charge is 0.573 e. The van der Waals surface area contributed by atoms with E-state index >= 15 is 0 Å². The monoisotopic (exact) mass is 515 g/mol. The van der Waals surface area contributed by atoms with Gasteiger partial charge in [0.05, 0.1) is 11.8 Å². The van der Waals surface area contributed by atoms with Crippen molar-refractivity contribution in [2.24, 2.45) is 5.10 Å². The van der Waals surface area contributed by atoms with Crippen LogP contribution in [0.2, 0.25) is 0 Å². The highest BCUT2D eigenvalue weighted by Crippen LogP contribution is 2.27. The second-order valence-corrected chi connectivity index (χ2v) is 8.06. The van der Waals surface area contributed by atoms with Crippen molar-refractivity contribution in [3.05, 3.63) is 89.7 Å². The summed E-state index contributed by atoms with van der Waals surface area (Å²) in [5.74, 6) is -0.882. The Bertz CT molecular complexity index is 1310. The molecule has 0 radical (unpaired) electrons. The molecule has 1 atom stereocenters. The molecule has 4 amide bonds. The minimum absolute atomic E-state index is 0.192. The summed E-state index contributed by atoms with van der Waals surface area (Å²) in [6, 6.07) is 15.7. The molecule has 1 aliphatic rings. The van der Waals surface area contributed by atoms with Gasteiger partial charge in [-0.15, -0.1) is 13.2 Å². The van der Waals surface area contributed by atoms with Gasteiger partial charge in [-0.3, -0.25) is 0 Å². The van der Waals surface area contributed by atoms with Crippen LogP contribution in [0.1, 0.15) is 11.1 Å². The number of carbonyl (C=O) groups excluding carboxylic acids is 2. The van der Waals surface area contributed by atoms with Crippen molar-refractivity contribution < 1.29 is 31.9 Å². The lowest BCUT2D eigenvalue weighted by molar-refractivity contribution is -0.274. The number of carbonyl (C=O) groups is 2. The molecule has 0 fully saturated rings. The average molecular weight is 515 g/mol. The standard InChI is InChI=1S/C25H21F4N5O3/c1-34(24(36)31-17-5-3-2-4-6-17)21-14-15-13-16(26)7-12-20(15)22(21)32-33-23(35)30-18-8-10-19(11-9-18)37-25(27,28)29/h2-13,21H,14H2,1H3,(H,31,36)(H2,30,33,35)/b32-22+. The normalized spacial score (nSPS) is 15.6. The summed E-state index contributed by atoms with van der Waals surface area (Å²) in [5, 5.41) is 9.40. The fourth-order valence-electron chi connectivity index (χ4n) is 3.81.